The Labute approximate surface area is 139 Å². The molecule has 128 valence electrons. The van der Waals surface area contributed by atoms with Crippen molar-refractivity contribution in [2.45, 2.75) is 77.2 Å². The SMILES string of the molecule is C=C1C[C@]23CC[C@@H]4[C@](C)(CCC[C@]4(C)C(=O)O)[C@H]2CC[C@@]1(O)C3. The summed E-state index contributed by atoms with van der Waals surface area (Å²) in [5.41, 5.74) is 0.128. The van der Waals surface area contributed by atoms with Gasteiger partial charge in [0.1, 0.15) is 0 Å². The smallest absolute Gasteiger partial charge is 0.309 e. The highest BCUT2D eigenvalue weighted by molar-refractivity contribution is 5.75. The van der Waals surface area contributed by atoms with E-state index in [0.717, 1.165) is 63.4 Å². The Bertz CT molecular complexity index is 583. The van der Waals surface area contributed by atoms with Crippen LogP contribution >= 0.6 is 0 Å². The van der Waals surface area contributed by atoms with Crippen LogP contribution in [0.1, 0.15) is 71.6 Å². The fourth-order valence-electron chi connectivity index (χ4n) is 7.61. The molecule has 0 saturated heterocycles. The molecule has 0 amide bonds. The van der Waals surface area contributed by atoms with Crippen molar-refractivity contribution in [1.29, 1.82) is 0 Å². The normalized spacial score (nSPS) is 55.2. The first-order valence-corrected chi connectivity index (χ1v) is 9.30. The van der Waals surface area contributed by atoms with E-state index in [4.69, 9.17) is 0 Å². The van der Waals surface area contributed by atoms with Gasteiger partial charge < -0.3 is 10.2 Å². The molecule has 0 radical (unpaired) electrons. The van der Waals surface area contributed by atoms with Crippen molar-refractivity contribution < 1.29 is 15.0 Å². The minimum absolute atomic E-state index is 0.107. The number of aliphatic hydroxyl groups is 1. The third-order valence-electron chi connectivity index (χ3n) is 8.65. The lowest BCUT2D eigenvalue weighted by Gasteiger charge is -2.63. The summed E-state index contributed by atoms with van der Waals surface area (Å²) in [5.74, 6) is 0.219. The van der Waals surface area contributed by atoms with Gasteiger partial charge in [0.15, 0.2) is 0 Å². The predicted molar refractivity (Wildman–Crippen MR) is 88.9 cm³/mol. The van der Waals surface area contributed by atoms with Gasteiger partial charge in [-0.15, -0.1) is 0 Å². The number of carboxylic acid groups (broad SMARTS) is 1. The minimum Gasteiger partial charge on any atom is -0.481 e. The maximum Gasteiger partial charge on any atom is 0.309 e. The average Bonchev–Trinajstić information content (AvgIpc) is 2.63. The van der Waals surface area contributed by atoms with E-state index in [-0.39, 0.29) is 16.7 Å². The molecule has 3 heteroatoms. The molecule has 6 atom stereocenters. The van der Waals surface area contributed by atoms with E-state index >= 15 is 0 Å². The van der Waals surface area contributed by atoms with E-state index in [1.807, 2.05) is 6.92 Å². The molecule has 2 bridgehead atoms. The second-order valence-corrected chi connectivity index (χ2v) is 9.62. The van der Waals surface area contributed by atoms with Crippen LogP contribution in [-0.4, -0.2) is 21.8 Å². The topological polar surface area (TPSA) is 57.5 Å². The standard InChI is InChI=1S/C20H30O3/c1-13-11-19-9-5-14-17(2,7-4-8-18(14,3)16(21)22)15(19)6-10-20(13,23)12-19/h14-15,23H,1,4-12H2,2-3H3,(H,21,22)/t14-,15-,17+,18+,19+,20-/m1/s1. The molecule has 0 unspecified atom stereocenters. The summed E-state index contributed by atoms with van der Waals surface area (Å²) < 4.78 is 0. The fraction of sp³-hybridized carbons (Fsp3) is 0.850. The summed E-state index contributed by atoms with van der Waals surface area (Å²) in [7, 11) is 0. The van der Waals surface area contributed by atoms with Crippen LogP contribution in [0.2, 0.25) is 0 Å². The van der Waals surface area contributed by atoms with Gasteiger partial charge in [-0.2, -0.15) is 0 Å². The van der Waals surface area contributed by atoms with Crippen LogP contribution in [0.5, 0.6) is 0 Å². The van der Waals surface area contributed by atoms with E-state index in [2.05, 4.69) is 13.5 Å². The molecule has 0 aliphatic heterocycles. The Morgan fingerprint density at radius 2 is 1.83 bits per heavy atom. The molecular formula is C20H30O3. The van der Waals surface area contributed by atoms with Crippen molar-refractivity contribution >= 4 is 5.97 Å². The number of rotatable bonds is 1. The summed E-state index contributed by atoms with van der Waals surface area (Å²) in [5, 5.41) is 20.8. The van der Waals surface area contributed by atoms with Gasteiger partial charge in [-0.3, -0.25) is 4.79 Å². The summed E-state index contributed by atoms with van der Waals surface area (Å²) in [4.78, 5) is 12.0. The number of hydrogen-bond donors (Lipinski definition) is 2. The van der Waals surface area contributed by atoms with Gasteiger partial charge in [0.25, 0.3) is 0 Å². The Hall–Kier alpha value is -0.830. The molecule has 1 spiro atoms. The summed E-state index contributed by atoms with van der Waals surface area (Å²) in [6.07, 6.45) is 8.75. The number of fused-ring (bicyclic) bond motifs is 3. The van der Waals surface area contributed by atoms with Crippen molar-refractivity contribution in [2.24, 2.45) is 28.1 Å². The second kappa shape index (κ2) is 4.41. The highest BCUT2D eigenvalue weighted by atomic mass is 16.4. The van der Waals surface area contributed by atoms with Gasteiger partial charge in [-0.1, -0.05) is 19.9 Å². The second-order valence-electron chi connectivity index (χ2n) is 9.62. The van der Waals surface area contributed by atoms with E-state index in [0.29, 0.717) is 5.92 Å². The number of carbonyl (C=O) groups is 1. The molecule has 2 N–H and O–H groups in total. The van der Waals surface area contributed by atoms with Crippen LogP contribution in [0.3, 0.4) is 0 Å². The maximum absolute atomic E-state index is 12.0. The average molecular weight is 318 g/mol. The van der Waals surface area contributed by atoms with Crippen LogP contribution in [-0.2, 0) is 4.79 Å². The van der Waals surface area contributed by atoms with E-state index in [1.54, 1.807) is 0 Å². The largest absolute Gasteiger partial charge is 0.481 e. The lowest BCUT2D eigenvalue weighted by atomic mass is 9.41. The summed E-state index contributed by atoms with van der Waals surface area (Å²) in [6.45, 7) is 8.55. The Morgan fingerprint density at radius 3 is 2.52 bits per heavy atom. The molecule has 4 aliphatic carbocycles. The molecule has 3 nitrogen and oxygen atoms in total. The van der Waals surface area contributed by atoms with E-state index in [1.165, 1.54) is 0 Å². The summed E-state index contributed by atoms with van der Waals surface area (Å²) in [6, 6.07) is 0. The number of hydrogen-bond acceptors (Lipinski definition) is 2. The minimum atomic E-state index is -0.634. The van der Waals surface area contributed by atoms with Crippen molar-refractivity contribution in [3.8, 4) is 0 Å². The molecule has 23 heavy (non-hydrogen) atoms. The Morgan fingerprint density at radius 1 is 1.13 bits per heavy atom. The Balaban J connectivity index is 1.76. The molecule has 0 aromatic rings. The van der Waals surface area contributed by atoms with Gasteiger partial charge in [-0.05, 0) is 86.5 Å². The molecular weight excluding hydrogens is 288 g/mol. The first-order valence-electron chi connectivity index (χ1n) is 9.30. The van der Waals surface area contributed by atoms with Crippen LogP contribution in [0.4, 0.5) is 0 Å². The van der Waals surface area contributed by atoms with Gasteiger partial charge in [0.05, 0.1) is 11.0 Å². The van der Waals surface area contributed by atoms with E-state index in [9.17, 15) is 15.0 Å². The van der Waals surface area contributed by atoms with Crippen molar-refractivity contribution in [3.05, 3.63) is 12.2 Å². The maximum atomic E-state index is 12.0. The lowest BCUT2D eigenvalue weighted by Crippen LogP contribution is -2.59. The summed E-state index contributed by atoms with van der Waals surface area (Å²) >= 11 is 0. The first-order chi connectivity index (χ1) is 10.7. The highest BCUT2D eigenvalue weighted by Gasteiger charge is 2.67. The third kappa shape index (κ3) is 1.78. The van der Waals surface area contributed by atoms with Gasteiger partial charge in [0, 0.05) is 0 Å². The predicted octanol–water partition coefficient (Wildman–Crippen LogP) is 4.16. The van der Waals surface area contributed by atoms with Crippen LogP contribution in [0, 0.1) is 28.1 Å². The highest BCUT2D eigenvalue weighted by Crippen LogP contribution is 2.72. The quantitative estimate of drug-likeness (QED) is 0.714. The van der Waals surface area contributed by atoms with Crippen molar-refractivity contribution in [1.82, 2.24) is 0 Å². The molecule has 4 rings (SSSR count). The monoisotopic (exact) mass is 318 g/mol. The van der Waals surface area contributed by atoms with Crippen molar-refractivity contribution in [3.63, 3.8) is 0 Å². The van der Waals surface area contributed by atoms with Crippen LogP contribution in [0.15, 0.2) is 12.2 Å². The third-order valence-corrected chi connectivity index (χ3v) is 8.65. The lowest BCUT2D eigenvalue weighted by molar-refractivity contribution is -0.186. The van der Waals surface area contributed by atoms with Gasteiger partial charge in [-0.25, -0.2) is 0 Å². The zero-order valence-electron chi connectivity index (χ0n) is 14.5. The Kier molecular flexibility index (Phi) is 3.01. The zero-order chi connectivity index (χ0) is 16.7. The zero-order valence-corrected chi connectivity index (χ0v) is 14.5. The molecule has 0 aromatic carbocycles. The number of carboxylic acids is 1. The van der Waals surface area contributed by atoms with E-state index < -0.39 is 17.0 Å². The van der Waals surface area contributed by atoms with Crippen molar-refractivity contribution in [2.75, 3.05) is 0 Å². The van der Waals surface area contributed by atoms with Crippen LogP contribution in [0.25, 0.3) is 0 Å². The number of aliphatic carboxylic acids is 1. The first kappa shape index (κ1) is 15.7. The van der Waals surface area contributed by atoms with Gasteiger partial charge >= 0.3 is 5.97 Å². The van der Waals surface area contributed by atoms with Gasteiger partial charge in [0.2, 0.25) is 0 Å². The molecule has 4 aliphatic rings. The van der Waals surface area contributed by atoms with Crippen LogP contribution < -0.4 is 0 Å². The molecule has 4 saturated carbocycles. The molecule has 4 fully saturated rings. The molecule has 0 heterocycles. The molecule has 0 aromatic heterocycles. The fourth-order valence-corrected chi connectivity index (χ4v) is 7.61.